The fourth-order valence-corrected chi connectivity index (χ4v) is 2.88. The summed E-state index contributed by atoms with van der Waals surface area (Å²) in [4.78, 5) is 4.82. The SMILES string of the molecule is CC(C)n1c(C2CC2)nc(-c2cccc(Br)c2)c1N. The molecule has 19 heavy (non-hydrogen) atoms. The van der Waals surface area contributed by atoms with Gasteiger partial charge in [0.25, 0.3) is 0 Å². The number of nitrogens with two attached hydrogens (primary N) is 1. The van der Waals surface area contributed by atoms with Gasteiger partial charge in [0.05, 0.1) is 0 Å². The van der Waals surface area contributed by atoms with Gasteiger partial charge >= 0.3 is 0 Å². The van der Waals surface area contributed by atoms with Crippen LogP contribution in [0.1, 0.15) is 44.5 Å². The number of nitrogen functional groups attached to an aromatic ring is 1. The Bertz CT molecular complexity index is 612. The van der Waals surface area contributed by atoms with Crippen LogP contribution >= 0.6 is 15.9 Å². The molecule has 1 heterocycles. The van der Waals surface area contributed by atoms with Gasteiger partial charge in [-0.05, 0) is 38.8 Å². The standard InChI is InChI=1S/C15H18BrN3/c1-9(2)19-14(17)13(18-15(19)10-6-7-10)11-4-3-5-12(16)8-11/h3-5,8-10H,6-7,17H2,1-2H3. The second kappa shape index (κ2) is 4.67. The molecule has 1 aliphatic rings. The van der Waals surface area contributed by atoms with Crippen LogP contribution in [0.4, 0.5) is 5.82 Å². The first kappa shape index (κ1) is 12.7. The lowest BCUT2D eigenvalue weighted by molar-refractivity contribution is 0.576. The van der Waals surface area contributed by atoms with E-state index in [0.717, 1.165) is 27.4 Å². The minimum absolute atomic E-state index is 0.351. The van der Waals surface area contributed by atoms with E-state index in [1.807, 2.05) is 12.1 Å². The maximum Gasteiger partial charge on any atom is 0.131 e. The summed E-state index contributed by atoms with van der Waals surface area (Å²) in [6.07, 6.45) is 2.47. The van der Waals surface area contributed by atoms with E-state index in [2.05, 4.69) is 46.5 Å². The lowest BCUT2D eigenvalue weighted by Gasteiger charge is -2.13. The van der Waals surface area contributed by atoms with E-state index >= 15 is 0 Å². The molecule has 0 radical (unpaired) electrons. The van der Waals surface area contributed by atoms with Crippen molar-refractivity contribution < 1.29 is 0 Å². The largest absolute Gasteiger partial charge is 0.383 e. The van der Waals surface area contributed by atoms with Gasteiger partial charge in [-0.2, -0.15) is 0 Å². The summed E-state index contributed by atoms with van der Waals surface area (Å²) in [5.74, 6) is 2.54. The molecule has 2 N–H and O–H groups in total. The van der Waals surface area contributed by atoms with Gasteiger partial charge in [-0.15, -0.1) is 0 Å². The number of hydrogen-bond acceptors (Lipinski definition) is 2. The Morgan fingerprint density at radius 2 is 2.11 bits per heavy atom. The fraction of sp³-hybridized carbons (Fsp3) is 0.400. The zero-order valence-corrected chi connectivity index (χ0v) is 12.8. The molecule has 0 unspecified atom stereocenters. The first-order valence-corrected chi connectivity index (χ1v) is 7.50. The summed E-state index contributed by atoms with van der Waals surface area (Å²) in [7, 11) is 0. The molecule has 0 bridgehead atoms. The number of nitrogens with zero attached hydrogens (tertiary/aromatic N) is 2. The third-order valence-electron chi connectivity index (χ3n) is 3.53. The quantitative estimate of drug-likeness (QED) is 0.913. The fourth-order valence-electron chi connectivity index (χ4n) is 2.48. The van der Waals surface area contributed by atoms with Crippen LogP contribution in [0.5, 0.6) is 0 Å². The van der Waals surface area contributed by atoms with E-state index in [9.17, 15) is 0 Å². The first-order chi connectivity index (χ1) is 9.08. The van der Waals surface area contributed by atoms with E-state index in [4.69, 9.17) is 10.7 Å². The van der Waals surface area contributed by atoms with Gasteiger partial charge < -0.3 is 10.3 Å². The molecule has 1 aromatic carbocycles. The molecule has 2 aromatic rings. The lowest BCUT2D eigenvalue weighted by Crippen LogP contribution is -2.08. The van der Waals surface area contributed by atoms with Crippen molar-refractivity contribution in [1.29, 1.82) is 0 Å². The van der Waals surface area contributed by atoms with E-state index in [-0.39, 0.29) is 0 Å². The summed E-state index contributed by atoms with van der Waals surface area (Å²) in [5, 5.41) is 0. The molecule has 3 rings (SSSR count). The van der Waals surface area contributed by atoms with Crippen molar-refractivity contribution in [1.82, 2.24) is 9.55 Å². The average Bonchev–Trinajstić information content (AvgIpc) is 3.13. The Labute approximate surface area is 122 Å². The molecule has 1 aliphatic carbocycles. The summed E-state index contributed by atoms with van der Waals surface area (Å²) < 4.78 is 3.24. The molecule has 4 heteroatoms. The van der Waals surface area contributed by atoms with Crippen LogP contribution in [0.25, 0.3) is 11.3 Å². The molecule has 0 atom stereocenters. The maximum absolute atomic E-state index is 6.34. The van der Waals surface area contributed by atoms with Crippen LogP contribution < -0.4 is 5.73 Å². The number of anilines is 1. The van der Waals surface area contributed by atoms with Crippen molar-refractivity contribution in [2.24, 2.45) is 0 Å². The monoisotopic (exact) mass is 319 g/mol. The van der Waals surface area contributed by atoms with Gasteiger partial charge in [0.15, 0.2) is 0 Å². The zero-order valence-electron chi connectivity index (χ0n) is 11.2. The lowest BCUT2D eigenvalue weighted by atomic mass is 10.1. The van der Waals surface area contributed by atoms with E-state index in [1.165, 1.54) is 12.8 Å². The van der Waals surface area contributed by atoms with Crippen molar-refractivity contribution in [3.63, 3.8) is 0 Å². The highest BCUT2D eigenvalue weighted by Crippen LogP contribution is 2.43. The Hall–Kier alpha value is -1.29. The van der Waals surface area contributed by atoms with Gasteiger partial charge in [0, 0.05) is 22.0 Å². The summed E-state index contributed by atoms with van der Waals surface area (Å²) in [6.45, 7) is 4.32. The molecule has 0 spiro atoms. The van der Waals surface area contributed by atoms with Crippen molar-refractivity contribution in [2.75, 3.05) is 5.73 Å². The summed E-state index contributed by atoms with van der Waals surface area (Å²) in [5.41, 5.74) is 8.33. The Morgan fingerprint density at radius 3 is 2.68 bits per heavy atom. The van der Waals surface area contributed by atoms with Crippen molar-refractivity contribution in [3.05, 3.63) is 34.6 Å². The average molecular weight is 320 g/mol. The van der Waals surface area contributed by atoms with E-state index in [1.54, 1.807) is 0 Å². The topological polar surface area (TPSA) is 43.8 Å². The number of halogens is 1. The van der Waals surface area contributed by atoms with Gasteiger partial charge in [0.1, 0.15) is 17.3 Å². The molecular weight excluding hydrogens is 302 g/mol. The molecule has 0 saturated heterocycles. The predicted molar refractivity (Wildman–Crippen MR) is 82.1 cm³/mol. The smallest absolute Gasteiger partial charge is 0.131 e. The normalized spacial score (nSPS) is 15.2. The van der Waals surface area contributed by atoms with E-state index in [0.29, 0.717) is 12.0 Å². The molecule has 1 fully saturated rings. The second-order valence-electron chi connectivity index (χ2n) is 5.45. The minimum Gasteiger partial charge on any atom is -0.383 e. The third kappa shape index (κ3) is 2.29. The molecule has 1 aromatic heterocycles. The molecule has 0 aliphatic heterocycles. The first-order valence-electron chi connectivity index (χ1n) is 6.71. The van der Waals surface area contributed by atoms with Gasteiger partial charge in [0.2, 0.25) is 0 Å². The van der Waals surface area contributed by atoms with Crippen LogP contribution in [0.2, 0.25) is 0 Å². The Balaban J connectivity index is 2.14. The van der Waals surface area contributed by atoms with Gasteiger partial charge in [-0.3, -0.25) is 0 Å². The summed E-state index contributed by atoms with van der Waals surface area (Å²) in [6, 6.07) is 8.51. The van der Waals surface area contributed by atoms with Crippen LogP contribution in [-0.4, -0.2) is 9.55 Å². The number of aromatic nitrogens is 2. The highest BCUT2D eigenvalue weighted by molar-refractivity contribution is 9.10. The van der Waals surface area contributed by atoms with Crippen LogP contribution in [-0.2, 0) is 0 Å². The molecule has 3 nitrogen and oxygen atoms in total. The van der Waals surface area contributed by atoms with Crippen molar-refractivity contribution in [2.45, 2.75) is 38.6 Å². The Morgan fingerprint density at radius 1 is 1.37 bits per heavy atom. The molecule has 100 valence electrons. The highest BCUT2D eigenvalue weighted by atomic mass is 79.9. The number of rotatable bonds is 3. The number of hydrogen-bond donors (Lipinski definition) is 1. The van der Waals surface area contributed by atoms with Gasteiger partial charge in [-0.1, -0.05) is 28.1 Å². The zero-order chi connectivity index (χ0) is 13.6. The van der Waals surface area contributed by atoms with Crippen molar-refractivity contribution >= 4 is 21.7 Å². The van der Waals surface area contributed by atoms with Crippen LogP contribution in [0.15, 0.2) is 28.7 Å². The maximum atomic E-state index is 6.34. The number of benzene rings is 1. The molecule has 0 amide bonds. The third-order valence-corrected chi connectivity index (χ3v) is 4.03. The summed E-state index contributed by atoms with van der Waals surface area (Å²) >= 11 is 3.50. The molecule has 1 saturated carbocycles. The van der Waals surface area contributed by atoms with E-state index < -0.39 is 0 Å². The van der Waals surface area contributed by atoms with Gasteiger partial charge in [-0.25, -0.2) is 4.98 Å². The highest BCUT2D eigenvalue weighted by Gasteiger charge is 2.31. The van der Waals surface area contributed by atoms with Crippen LogP contribution in [0.3, 0.4) is 0 Å². The predicted octanol–water partition coefficient (Wildman–Crippen LogP) is 4.35. The second-order valence-corrected chi connectivity index (χ2v) is 6.37. The number of imidazole rings is 1. The molecular formula is C15H18BrN3. The van der Waals surface area contributed by atoms with Crippen molar-refractivity contribution in [3.8, 4) is 11.3 Å². The Kier molecular flexibility index (Phi) is 3.13. The minimum atomic E-state index is 0.351. The van der Waals surface area contributed by atoms with Crippen LogP contribution in [0, 0.1) is 0 Å².